The molecule has 0 bridgehead atoms. The van der Waals surface area contributed by atoms with Gasteiger partial charge in [-0.3, -0.25) is 23.5 Å². The van der Waals surface area contributed by atoms with Gasteiger partial charge in [-0.2, -0.15) is 8.42 Å². The normalized spacial score (nSPS) is 12.6. The van der Waals surface area contributed by atoms with Gasteiger partial charge in [0.2, 0.25) is 5.91 Å². The van der Waals surface area contributed by atoms with Crippen molar-refractivity contribution in [3.8, 4) is 17.2 Å². The van der Waals surface area contributed by atoms with Crippen LogP contribution >= 0.6 is 0 Å². The summed E-state index contributed by atoms with van der Waals surface area (Å²) in [6.07, 6.45) is 5.79. The monoisotopic (exact) mass is 633 g/mol. The lowest BCUT2D eigenvalue weighted by molar-refractivity contribution is -0.117. The molecule has 45 heavy (non-hydrogen) atoms. The van der Waals surface area contributed by atoms with Crippen LogP contribution in [0.5, 0.6) is 11.5 Å². The molecular formula is C31H28FN5O7S. The molecule has 3 heterocycles. The van der Waals surface area contributed by atoms with Crippen molar-refractivity contribution >= 4 is 39.1 Å². The number of nitrogens with one attached hydrogen (secondary N) is 2. The predicted octanol–water partition coefficient (Wildman–Crippen LogP) is 4.83. The second-order valence-electron chi connectivity index (χ2n) is 10.3. The number of rotatable bonds is 7. The van der Waals surface area contributed by atoms with Gasteiger partial charge in [0.25, 0.3) is 21.6 Å². The summed E-state index contributed by atoms with van der Waals surface area (Å²) in [5.41, 5.74) is 1.53. The molecule has 6 rings (SSSR count). The minimum Gasteiger partial charge on any atom is -0.453 e. The summed E-state index contributed by atoms with van der Waals surface area (Å²) in [6, 6.07) is 19.5. The van der Waals surface area contributed by atoms with Gasteiger partial charge in [0, 0.05) is 29.1 Å². The topological polar surface area (TPSA) is 161 Å². The molecule has 2 amide bonds. The summed E-state index contributed by atoms with van der Waals surface area (Å²) in [4.78, 5) is 42.4. The van der Waals surface area contributed by atoms with Crippen LogP contribution < -0.4 is 20.9 Å². The molecular weight excluding hydrogens is 605 g/mol. The number of hydrogen-bond donors (Lipinski definition) is 3. The first-order chi connectivity index (χ1) is 21.4. The summed E-state index contributed by atoms with van der Waals surface area (Å²) in [7, 11) is -3.67. The molecule has 5 aromatic rings. The highest BCUT2D eigenvalue weighted by molar-refractivity contribution is 7.85. The van der Waals surface area contributed by atoms with E-state index in [-0.39, 0.29) is 28.8 Å². The van der Waals surface area contributed by atoms with Crippen molar-refractivity contribution in [3.05, 3.63) is 113 Å². The number of para-hydroxylation sites is 1. The molecule has 0 atom stereocenters. The summed E-state index contributed by atoms with van der Waals surface area (Å²) < 4.78 is 49.7. The van der Waals surface area contributed by atoms with Crippen LogP contribution in [0, 0.1) is 18.7 Å². The zero-order chi connectivity index (χ0) is 32.3. The fourth-order valence-corrected chi connectivity index (χ4v) is 4.35. The van der Waals surface area contributed by atoms with E-state index in [1.165, 1.54) is 22.8 Å². The first kappa shape index (κ1) is 31.1. The second kappa shape index (κ2) is 12.7. The average molecular weight is 634 g/mol. The van der Waals surface area contributed by atoms with Crippen molar-refractivity contribution in [2.75, 3.05) is 16.9 Å². The Kier molecular flexibility index (Phi) is 8.79. The first-order valence-corrected chi connectivity index (χ1v) is 15.5. The van der Waals surface area contributed by atoms with Crippen molar-refractivity contribution < 1.29 is 31.7 Å². The number of carbonyl (C=O) groups is 2. The minimum atomic E-state index is -3.67. The summed E-state index contributed by atoms with van der Waals surface area (Å²) in [6.45, 7) is 1.78. The van der Waals surface area contributed by atoms with E-state index >= 15 is 0 Å². The molecule has 12 nitrogen and oxygen atoms in total. The molecule has 0 aliphatic heterocycles. The Hall–Kier alpha value is -5.34. The second-order valence-corrected chi connectivity index (χ2v) is 11.8. The molecule has 1 fully saturated rings. The van der Waals surface area contributed by atoms with Gasteiger partial charge in [0.15, 0.2) is 17.4 Å². The Morgan fingerprint density at radius 3 is 2.38 bits per heavy atom. The van der Waals surface area contributed by atoms with Crippen LogP contribution in [0.15, 0.2) is 90.0 Å². The number of anilines is 2. The maximum Gasteiger partial charge on any atom is 0.268 e. The van der Waals surface area contributed by atoms with Crippen molar-refractivity contribution in [1.82, 2.24) is 14.0 Å². The van der Waals surface area contributed by atoms with Gasteiger partial charge in [-0.25, -0.2) is 9.37 Å². The maximum atomic E-state index is 14.9. The standard InChI is InChI=1S/C30H24FN5O4.CH4O3S/c1-18-7-12-23(30(39)36(18)21-5-3-2-4-6-21)29(38)32-20-10-13-25(24(31)15-20)40-22-11-14-27-33-26(17-35(27)16-22)34-28(37)19-8-9-19;1-5(2,3)4/h2-7,10-17,19H,8-9H2,1H3,(H,32,38)(H,34,37);1H3,(H,2,3,4). The molecule has 2 aromatic carbocycles. The number of carbonyl (C=O) groups excluding carboxylic acids is 2. The van der Waals surface area contributed by atoms with Crippen LogP contribution in [0.4, 0.5) is 15.9 Å². The van der Waals surface area contributed by atoms with E-state index in [4.69, 9.17) is 9.29 Å². The lowest BCUT2D eigenvalue weighted by Gasteiger charge is -2.13. The summed E-state index contributed by atoms with van der Waals surface area (Å²) >= 11 is 0. The van der Waals surface area contributed by atoms with E-state index in [2.05, 4.69) is 15.6 Å². The largest absolute Gasteiger partial charge is 0.453 e. The van der Waals surface area contributed by atoms with E-state index in [0.29, 0.717) is 34.9 Å². The Balaban J connectivity index is 0.000000743. The average Bonchev–Trinajstić information content (AvgIpc) is 3.75. The van der Waals surface area contributed by atoms with Gasteiger partial charge in [0.05, 0.1) is 18.6 Å². The van der Waals surface area contributed by atoms with E-state index < -0.39 is 27.4 Å². The third-order valence-electron chi connectivity index (χ3n) is 6.58. The molecule has 14 heteroatoms. The fourth-order valence-electron chi connectivity index (χ4n) is 4.35. The third kappa shape index (κ3) is 7.99. The van der Waals surface area contributed by atoms with E-state index in [1.54, 1.807) is 66.2 Å². The number of ether oxygens (including phenoxy) is 1. The van der Waals surface area contributed by atoms with Crippen LogP contribution in [0.25, 0.3) is 11.3 Å². The van der Waals surface area contributed by atoms with Gasteiger partial charge in [-0.15, -0.1) is 0 Å². The van der Waals surface area contributed by atoms with Gasteiger partial charge < -0.3 is 19.8 Å². The van der Waals surface area contributed by atoms with Crippen LogP contribution in [0.3, 0.4) is 0 Å². The van der Waals surface area contributed by atoms with Gasteiger partial charge in [-0.1, -0.05) is 18.2 Å². The van der Waals surface area contributed by atoms with Crippen LogP contribution in [0.1, 0.15) is 28.9 Å². The third-order valence-corrected chi connectivity index (χ3v) is 6.58. The molecule has 1 saturated carbocycles. The summed E-state index contributed by atoms with van der Waals surface area (Å²) in [5, 5.41) is 5.38. The van der Waals surface area contributed by atoms with E-state index in [0.717, 1.165) is 18.9 Å². The van der Waals surface area contributed by atoms with E-state index in [1.807, 2.05) is 6.07 Å². The maximum absolute atomic E-state index is 14.9. The molecule has 232 valence electrons. The Labute approximate surface area is 256 Å². The SMILES string of the molecule is CS(=O)(=O)O.Cc1ccc(C(=O)Nc2ccc(Oc3ccc4nc(NC(=O)C5CC5)cn4c3)c(F)c2)c(=O)n1-c1ccccc1. The highest BCUT2D eigenvalue weighted by Gasteiger charge is 2.30. The summed E-state index contributed by atoms with van der Waals surface area (Å²) in [5.74, 6) is -0.611. The van der Waals surface area contributed by atoms with Gasteiger partial charge in [0.1, 0.15) is 17.0 Å². The van der Waals surface area contributed by atoms with Crippen molar-refractivity contribution in [1.29, 1.82) is 0 Å². The van der Waals surface area contributed by atoms with E-state index in [9.17, 15) is 27.2 Å². The number of benzene rings is 2. The van der Waals surface area contributed by atoms with Crippen LogP contribution in [0.2, 0.25) is 0 Å². The van der Waals surface area contributed by atoms with Gasteiger partial charge >= 0.3 is 0 Å². The zero-order valence-electron chi connectivity index (χ0n) is 24.1. The molecule has 0 saturated heterocycles. The highest BCUT2D eigenvalue weighted by atomic mass is 32.2. The molecule has 0 unspecified atom stereocenters. The molecule has 1 aliphatic rings. The smallest absolute Gasteiger partial charge is 0.268 e. The van der Waals surface area contributed by atoms with Gasteiger partial charge in [-0.05, 0) is 68.3 Å². The van der Waals surface area contributed by atoms with Crippen molar-refractivity contribution in [2.45, 2.75) is 19.8 Å². The number of aryl methyl sites for hydroxylation is 1. The Bertz CT molecular complexity index is 2070. The molecule has 1 aliphatic carbocycles. The lowest BCUT2D eigenvalue weighted by atomic mass is 10.2. The number of halogens is 1. The molecule has 3 aromatic heterocycles. The fraction of sp³-hybridized carbons (Fsp3) is 0.161. The number of aromatic nitrogens is 3. The Morgan fingerprint density at radius 1 is 1.00 bits per heavy atom. The quantitative estimate of drug-likeness (QED) is 0.215. The number of nitrogens with zero attached hydrogens (tertiary/aromatic N) is 3. The van der Waals surface area contributed by atoms with Crippen molar-refractivity contribution in [2.24, 2.45) is 5.92 Å². The molecule has 3 N–H and O–H groups in total. The zero-order valence-corrected chi connectivity index (χ0v) is 24.9. The number of amides is 2. The number of hydrogen-bond acceptors (Lipinski definition) is 7. The highest BCUT2D eigenvalue weighted by Crippen LogP contribution is 2.31. The minimum absolute atomic E-state index is 0.0432. The van der Waals surface area contributed by atoms with Crippen molar-refractivity contribution in [3.63, 3.8) is 0 Å². The molecule has 0 spiro atoms. The van der Waals surface area contributed by atoms with Crippen LogP contribution in [-0.2, 0) is 14.9 Å². The number of pyridine rings is 2. The lowest BCUT2D eigenvalue weighted by Crippen LogP contribution is -2.29. The first-order valence-electron chi connectivity index (χ1n) is 13.6. The predicted molar refractivity (Wildman–Crippen MR) is 165 cm³/mol. The Morgan fingerprint density at radius 2 is 1.71 bits per heavy atom. The van der Waals surface area contributed by atoms with Crippen LogP contribution in [-0.4, -0.2) is 45.0 Å². The number of fused-ring (bicyclic) bond motifs is 1. The number of imidazole rings is 1. The molecule has 0 radical (unpaired) electrons.